The Kier molecular flexibility index (Phi) is 7.80. The topological polar surface area (TPSA) is 99.4 Å². The number of hydrogen-bond acceptors (Lipinski definition) is 7. The molecule has 0 aromatic carbocycles. The highest BCUT2D eigenvalue weighted by Crippen LogP contribution is 2.09. The number of aliphatic hydroxyl groups is 4. The monoisotopic (exact) mass is 251 g/mol. The molecule has 0 aliphatic rings. The lowest BCUT2D eigenvalue weighted by Crippen LogP contribution is -2.59. The molecule has 17 heavy (non-hydrogen) atoms. The quantitative estimate of drug-likeness (QED) is 0.273. The van der Waals surface area contributed by atoms with E-state index in [1.54, 1.807) is 0 Å². The van der Waals surface area contributed by atoms with E-state index in [4.69, 9.17) is 0 Å². The van der Waals surface area contributed by atoms with Crippen LogP contribution < -0.4 is 5.32 Å². The summed E-state index contributed by atoms with van der Waals surface area (Å²) >= 11 is 0. The second-order valence-electron chi connectivity index (χ2n) is 4.00. The number of aliphatic hydroxyl groups excluding tert-OH is 4. The van der Waals surface area contributed by atoms with E-state index in [1.807, 2.05) is 6.92 Å². The smallest absolute Gasteiger partial charge is 0.120 e. The van der Waals surface area contributed by atoms with Gasteiger partial charge in [-0.1, -0.05) is 6.92 Å². The average Bonchev–Trinajstić information content (AvgIpc) is 2.21. The Morgan fingerprint density at radius 1 is 0.941 bits per heavy atom. The molecule has 0 radical (unpaired) electrons. The van der Waals surface area contributed by atoms with Crippen LogP contribution in [0.2, 0.25) is 0 Å². The minimum atomic E-state index is -0.954. The van der Waals surface area contributed by atoms with Crippen molar-refractivity contribution in [2.75, 3.05) is 6.67 Å². The fourth-order valence-corrected chi connectivity index (χ4v) is 1.49. The molecular weight excluding hydrogens is 226 g/mol. The second kappa shape index (κ2) is 7.93. The summed E-state index contributed by atoms with van der Waals surface area (Å²) in [5.41, 5.74) is 0. The molecule has 0 amide bonds. The third-order valence-corrected chi connectivity index (χ3v) is 2.37. The van der Waals surface area contributed by atoms with Crippen LogP contribution in [0.25, 0.3) is 0 Å². The molecule has 0 fully saturated rings. The summed E-state index contributed by atoms with van der Waals surface area (Å²) in [5.74, 6) is 0. The lowest BCUT2D eigenvalue weighted by molar-refractivity contribution is -0.253. The van der Waals surface area contributed by atoms with Crippen LogP contribution in [0.3, 0.4) is 0 Å². The van der Waals surface area contributed by atoms with E-state index in [-0.39, 0.29) is 6.67 Å². The molecule has 0 aromatic rings. The predicted octanol–water partition coefficient (Wildman–Crippen LogP) is -1.20. The molecule has 0 aromatic heterocycles. The largest absolute Gasteiger partial charge is 0.379 e. The Bertz CT molecular complexity index is 194. The van der Waals surface area contributed by atoms with Crippen molar-refractivity contribution in [2.45, 2.75) is 59.0 Å². The van der Waals surface area contributed by atoms with Crippen molar-refractivity contribution in [3.8, 4) is 0 Å². The first-order valence-corrected chi connectivity index (χ1v) is 5.81. The molecule has 104 valence electrons. The summed E-state index contributed by atoms with van der Waals surface area (Å²) in [6.45, 7) is 6.41. The summed E-state index contributed by atoms with van der Waals surface area (Å²) in [7, 11) is 0. The zero-order valence-electron chi connectivity index (χ0n) is 10.9. The van der Waals surface area contributed by atoms with E-state index in [0.29, 0.717) is 6.42 Å². The molecule has 0 saturated heterocycles. The summed E-state index contributed by atoms with van der Waals surface area (Å²) < 4.78 is 0. The Morgan fingerprint density at radius 3 is 1.71 bits per heavy atom. The van der Waals surface area contributed by atoms with Gasteiger partial charge >= 0.3 is 0 Å². The summed E-state index contributed by atoms with van der Waals surface area (Å²) in [6, 6.07) is 0. The van der Waals surface area contributed by atoms with Crippen LogP contribution in [0, 0.1) is 0 Å². The zero-order valence-corrected chi connectivity index (χ0v) is 10.9. The standard InChI is InChI=1S/C10H25N3O4/c1-5-10(17)11-6-12(7(2)14)13(8(3)15)9(4)16/h7-11,14-17H,5-6H2,1-4H3. The maximum absolute atomic E-state index is 9.61. The van der Waals surface area contributed by atoms with Crippen LogP contribution in [0.15, 0.2) is 0 Å². The normalized spacial score (nSPS) is 19.4. The minimum Gasteiger partial charge on any atom is -0.379 e. The third-order valence-electron chi connectivity index (χ3n) is 2.37. The molecule has 7 heteroatoms. The van der Waals surface area contributed by atoms with Gasteiger partial charge in [0.1, 0.15) is 24.9 Å². The highest BCUT2D eigenvalue weighted by atomic mass is 16.4. The molecule has 0 heterocycles. The van der Waals surface area contributed by atoms with Gasteiger partial charge in [-0.15, -0.1) is 0 Å². The van der Waals surface area contributed by atoms with Gasteiger partial charge in [-0.05, 0) is 27.2 Å². The van der Waals surface area contributed by atoms with Crippen molar-refractivity contribution in [1.29, 1.82) is 0 Å². The molecule has 0 aliphatic carbocycles. The van der Waals surface area contributed by atoms with Crippen LogP contribution in [0.4, 0.5) is 0 Å². The number of nitrogens with one attached hydrogen (secondary N) is 1. The molecule has 7 nitrogen and oxygen atoms in total. The average molecular weight is 251 g/mol. The first kappa shape index (κ1) is 16.7. The van der Waals surface area contributed by atoms with Gasteiger partial charge in [-0.3, -0.25) is 5.32 Å². The third kappa shape index (κ3) is 5.73. The maximum atomic E-state index is 9.61. The molecule has 0 rings (SSSR count). The second-order valence-corrected chi connectivity index (χ2v) is 4.00. The Balaban J connectivity index is 4.58. The van der Waals surface area contributed by atoms with E-state index < -0.39 is 24.9 Å². The van der Waals surface area contributed by atoms with Gasteiger partial charge in [0.05, 0.1) is 6.67 Å². The SMILES string of the molecule is CCC(O)NCN(C(C)O)N(C(C)O)C(C)O. The van der Waals surface area contributed by atoms with Gasteiger partial charge in [0.15, 0.2) is 0 Å². The van der Waals surface area contributed by atoms with E-state index in [1.165, 1.54) is 30.8 Å². The van der Waals surface area contributed by atoms with Crippen molar-refractivity contribution in [3.05, 3.63) is 0 Å². The first-order chi connectivity index (χ1) is 7.81. The van der Waals surface area contributed by atoms with Gasteiger partial charge in [0.25, 0.3) is 0 Å². The lowest BCUT2D eigenvalue weighted by atomic mass is 10.4. The molecule has 5 N–H and O–H groups in total. The number of nitrogens with zero attached hydrogens (tertiary/aromatic N) is 2. The van der Waals surface area contributed by atoms with E-state index in [9.17, 15) is 20.4 Å². The van der Waals surface area contributed by atoms with Crippen LogP contribution >= 0.6 is 0 Å². The first-order valence-electron chi connectivity index (χ1n) is 5.81. The number of hydrazine groups is 1. The minimum absolute atomic E-state index is 0.114. The van der Waals surface area contributed by atoms with Gasteiger partial charge in [-0.25, -0.2) is 0 Å². The molecule has 0 saturated carbocycles. The Labute approximate surface area is 102 Å². The molecule has 4 atom stereocenters. The predicted molar refractivity (Wildman–Crippen MR) is 63.0 cm³/mol. The lowest BCUT2D eigenvalue weighted by Gasteiger charge is -2.40. The Hall–Kier alpha value is -0.280. The van der Waals surface area contributed by atoms with Crippen LogP contribution in [0.5, 0.6) is 0 Å². The van der Waals surface area contributed by atoms with E-state index in [2.05, 4.69) is 5.32 Å². The van der Waals surface area contributed by atoms with Crippen molar-refractivity contribution in [3.63, 3.8) is 0 Å². The van der Waals surface area contributed by atoms with Crippen molar-refractivity contribution >= 4 is 0 Å². The van der Waals surface area contributed by atoms with Crippen LogP contribution in [0.1, 0.15) is 34.1 Å². The summed E-state index contributed by atoms with van der Waals surface area (Å²) in [6.07, 6.45) is -2.98. The summed E-state index contributed by atoms with van der Waals surface area (Å²) in [5, 5.41) is 43.4. The fraction of sp³-hybridized carbons (Fsp3) is 1.00. The maximum Gasteiger partial charge on any atom is 0.120 e. The molecule has 0 spiro atoms. The van der Waals surface area contributed by atoms with Crippen molar-refractivity contribution < 1.29 is 20.4 Å². The van der Waals surface area contributed by atoms with Crippen LogP contribution in [-0.2, 0) is 0 Å². The zero-order chi connectivity index (χ0) is 13.6. The molecule has 0 aliphatic heterocycles. The van der Waals surface area contributed by atoms with Gasteiger partial charge in [0, 0.05) is 0 Å². The van der Waals surface area contributed by atoms with Gasteiger partial charge in [-0.2, -0.15) is 10.0 Å². The fourth-order valence-electron chi connectivity index (χ4n) is 1.49. The van der Waals surface area contributed by atoms with E-state index in [0.717, 1.165) is 0 Å². The highest BCUT2D eigenvalue weighted by Gasteiger charge is 2.27. The number of hydrogen-bond donors (Lipinski definition) is 5. The van der Waals surface area contributed by atoms with Gasteiger partial charge < -0.3 is 20.4 Å². The van der Waals surface area contributed by atoms with E-state index >= 15 is 0 Å². The molecule has 4 unspecified atom stereocenters. The molecule has 0 bridgehead atoms. The summed E-state index contributed by atoms with van der Waals surface area (Å²) in [4.78, 5) is 0. The number of rotatable bonds is 8. The van der Waals surface area contributed by atoms with Crippen molar-refractivity contribution in [1.82, 2.24) is 15.3 Å². The Morgan fingerprint density at radius 2 is 1.41 bits per heavy atom. The van der Waals surface area contributed by atoms with Crippen LogP contribution in [-0.4, -0.2) is 62.0 Å². The van der Waals surface area contributed by atoms with Gasteiger partial charge in [0.2, 0.25) is 0 Å². The van der Waals surface area contributed by atoms with Crippen molar-refractivity contribution in [2.24, 2.45) is 0 Å². The highest BCUT2D eigenvalue weighted by molar-refractivity contribution is 4.61. The molecular formula is C10H25N3O4.